The number of rotatable bonds is 7. The number of methoxy groups -OCH3 is 1. The summed E-state index contributed by atoms with van der Waals surface area (Å²) in [4.78, 5) is 30.4. The molecular weight excluding hydrogens is 553 g/mol. The molecule has 0 spiro atoms. The van der Waals surface area contributed by atoms with E-state index in [9.17, 15) is 9.83 Å². The summed E-state index contributed by atoms with van der Waals surface area (Å²) in [6, 6.07) is 9.51. The Morgan fingerprint density at radius 3 is 2.55 bits per heavy atom. The second kappa shape index (κ2) is 10.9. The highest BCUT2D eigenvalue weighted by Crippen LogP contribution is 2.41. The van der Waals surface area contributed by atoms with Crippen molar-refractivity contribution >= 4 is 63.5 Å². The highest BCUT2D eigenvalue weighted by atomic mass is 31.2. The van der Waals surface area contributed by atoms with Crippen LogP contribution in [0.1, 0.15) is 5.56 Å². The summed E-state index contributed by atoms with van der Waals surface area (Å²) in [6.07, 6.45) is 4.97. The summed E-state index contributed by atoms with van der Waals surface area (Å²) in [5.41, 5.74) is 3.31. The van der Waals surface area contributed by atoms with Gasteiger partial charge in [-0.15, -0.1) is 0 Å². The van der Waals surface area contributed by atoms with E-state index >= 15 is 0 Å². The topological polar surface area (TPSA) is 161 Å². The lowest BCUT2D eigenvalue weighted by molar-refractivity contribution is 0.311. The number of H-pyrrole nitrogens is 1. The van der Waals surface area contributed by atoms with Crippen molar-refractivity contribution in [2.75, 3.05) is 69.2 Å². The Balaban J connectivity index is 1.39. The third-order valence-corrected chi connectivity index (χ3v) is 8.68. The van der Waals surface area contributed by atoms with Crippen LogP contribution in [0.4, 0.5) is 29.0 Å². The van der Waals surface area contributed by atoms with Gasteiger partial charge in [-0.2, -0.15) is 20.2 Å². The predicted molar refractivity (Wildman–Crippen MR) is 164 cm³/mol. The quantitative estimate of drug-likeness (QED) is 0.239. The number of piperazine rings is 1. The maximum absolute atomic E-state index is 13.4. The van der Waals surface area contributed by atoms with E-state index in [1.54, 1.807) is 38.0 Å². The first-order valence-corrected chi connectivity index (χ1v) is 16.0. The second-order valence-corrected chi connectivity index (χ2v) is 13.6. The lowest BCUT2D eigenvalue weighted by atomic mass is 10.2. The summed E-state index contributed by atoms with van der Waals surface area (Å²) in [5.74, 6) is 1.65. The minimum atomic E-state index is -2.78. The molecule has 1 aromatic carbocycles. The molecule has 0 unspecified atom stereocenters. The minimum Gasteiger partial charge on any atom is -0.479 e. The summed E-state index contributed by atoms with van der Waals surface area (Å²) >= 11 is 0. The van der Waals surface area contributed by atoms with Gasteiger partial charge in [-0.25, -0.2) is 0 Å². The number of fused-ring (bicyclic) bond motifs is 2. The molecule has 4 aromatic heterocycles. The Morgan fingerprint density at radius 1 is 1.02 bits per heavy atom. The zero-order valence-electron chi connectivity index (χ0n) is 23.7. The first-order chi connectivity index (χ1) is 20.2. The lowest BCUT2D eigenvalue weighted by Crippen LogP contribution is -2.45. The molecule has 214 valence electrons. The van der Waals surface area contributed by atoms with E-state index in [4.69, 9.17) is 14.7 Å². The Kier molecular flexibility index (Phi) is 7.10. The number of ether oxygens (including phenoxy) is 1. The van der Waals surface area contributed by atoms with Crippen molar-refractivity contribution in [2.45, 2.75) is 0 Å². The molecule has 0 radical (unpaired) electrons. The number of nitriles is 1. The smallest absolute Gasteiger partial charge is 0.239 e. The summed E-state index contributed by atoms with van der Waals surface area (Å²) in [6.45, 7) is 6.70. The molecular formula is C28H30N11O2P. The van der Waals surface area contributed by atoms with E-state index in [-0.39, 0.29) is 5.95 Å². The number of hydrogen-bond donors (Lipinski definition) is 3. The van der Waals surface area contributed by atoms with Crippen LogP contribution in [0.25, 0.3) is 22.1 Å². The van der Waals surface area contributed by atoms with Crippen LogP contribution in [0.3, 0.4) is 0 Å². The van der Waals surface area contributed by atoms with Crippen LogP contribution in [-0.2, 0) is 4.57 Å². The number of aromatic nitrogens is 6. The van der Waals surface area contributed by atoms with Gasteiger partial charge in [-0.05, 0) is 44.6 Å². The maximum Gasteiger partial charge on any atom is 0.239 e. The average molecular weight is 584 g/mol. The number of hydrogen-bond acceptors (Lipinski definition) is 12. The van der Waals surface area contributed by atoms with Gasteiger partial charge in [0.25, 0.3) is 0 Å². The van der Waals surface area contributed by atoms with E-state index in [0.29, 0.717) is 56.4 Å². The van der Waals surface area contributed by atoms with Crippen molar-refractivity contribution < 1.29 is 9.30 Å². The van der Waals surface area contributed by atoms with Gasteiger partial charge in [-0.3, -0.25) is 9.97 Å². The van der Waals surface area contributed by atoms with Gasteiger partial charge in [0.2, 0.25) is 11.8 Å². The zero-order valence-corrected chi connectivity index (χ0v) is 24.6. The Hall–Kier alpha value is -4.79. The highest BCUT2D eigenvalue weighted by Gasteiger charge is 2.24. The molecule has 5 aromatic rings. The van der Waals surface area contributed by atoms with Crippen molar-refractivity contribution in [1.82, 2.24) is 34.8 Å². The number of benzene rings is 1. The van der Waals surface area contributed by atoms with Gasteiger partial charge in [0.05, 0.1) is 34.6 Å². The molecule has 0 amide bonds. The van der Waals surface area contributed by atoms with E-state index in [1.807, 2.05) is 18.2 Å². The van der Waals surface area contributed by atoms with Crippen LogP contribution >= 0.6 is 7.14 Å². The van der Waals surface area contributed by atoms with Gasteiger partial charge >= 0.3 is 0 Å². The number of anilines is 5. The van der Waals surface area contributed by atoms with Crippen LogP contribution in [0.5, 0.6) is 5.88 Å². The summed E-state index contributed by atoms with van der Waals surface area (Å²) in [7, 11) is 0.826. The highest BCUT2D eigenvalue weighted by molar-refractivity contribution is 7.71. The van der Waals surface area contributed by atoms with E-state index < -0.39 is 7.14 Å². The van der Waals surface area contributed by atoms with Crippen LogP contribution in [0.15, 0.2) is 42.9 Å². The van der Waals surface area contributed by atoms with Gasteiger partial charge in [-0.1, -0.05) is 0 Å². The molecule has 0 aliphatic carbocycles. The average Bonchev–Trinajstić information content (AvgIpc) is 3.46. The summed E-state index contributed by atoms with van der Waals surface area (Å²) in [5, 5.41) is 17.9. The summed E-state index contributed by atoms with van der Waals surface area (Å²) < 4.78 is 19.1. The van der Waals surface area contributed by atoms with E-state index in [2.05, 4.69) is 53.5 Å². The number of pyridine rings is 1. The number of nitrogens with zero attached hydrogens (tertiary/aromatic N) is 8. The van der Waals surface area contributed by atoms with Gasteiger partial charge in [0.15, 0.2) is 5.82 Å². The van der Waals surface area contributed by atoms with Crippen molar-refractivity contribution in [3.63, 3.8) is 0 Å². The first-order valence-electron chi connectivity index (χ1n) is 13.4. The van der Waals surface area contributed by atoms with Gasteiger partial charge in [0, 0.05) is 44.8 Å². The van der Waals surface area contributed by atoms with Crippen LogP contribution < -0.4 is 25.6 Å². The molecule has 1 saturated heterocycles. The molecule has 1 fully saturated rings. The Bertz CT molecular complexity index is 1890. The first kappa shape index (κ1) is 27.4. The molecule has 1 aliphatic heterocycles. The third-order valence-electron chi connectivity index (χ3n) is 7.15. The molecule has 0 bridgehead atoms. The molecule has 14 heteroatoms. The Labute approximate surface area is 242 Å². The molecule has 6 rings (SSSR count). The number of nitrogens with one attached hydrogen (secondary N) is 3. The Morgan fingerprint density at radius 2 is 1.81 bits per heavy atom. The molecule has 42 heavy (non-hydrogen) atoms. The van der Waals surface area contributed by atoms with Crippen molar-refractivity contribution in [1.29, 1.82) is 5.26 Å². The standard InChI is InChI=1S/C28H30N11O2P/c1-38-11-13-39(14-12-38)26-17(16-29)15-21(27(37-26)41-2)34-28-35-24-18(7-8-32-24)25(36-28)33-20-6-5-19-22(31-10-9-30-19)23(20)42(3,4)40/h5-10,15H,11-14H2,1-4H3,(H3,32,33,34,35,36). The molecule has 3 N–H and O–H groups in total. The largest absolute Gasteiger partial charge is 0.479 e. The molecule has 5 heterocycles. The maximum atomic E-state index is 13.4. The molecule has 0 saturated carbocycles. The van der Waals surface area contributed by atoms with Crippen LogP contribution in [-0.4, -0.2) is 88.5 Å². The van der Waals surface area contributed by atoms with Crippen LogP contribution in [0.2, 0.25) is 0 Å². The number of likely N-dealkylation sites (N-methyl/N-ethyl adjacent to an activating group) is 1. The molecule has 1 aliphatic rings. The van der Waals surface area contributed by atoms with E-state index in [1.165, 1.54) is 7.11 Å². The monoisotopic (exact) mass is 583 g/mol. The fourth-order valence-corrected chi connectivity index (χ4v) is 6.48. The lowest BCUT2D eigenvalue weighted by Gasteiger charge is -2.33. The fourth-order valence-electron chi connectivity index (χ4n) is 5.08. The fraction of sp³-hybridized carbons (Fsp3) is 0.286. The van der Waals surface area contributed by atoms with Crippen molar-refractivity contribution in [3.05, 3.63) is 48.4 Å². The SMILES string of the molecule is COc1nc(N2CCN(C)CC2)c(C#N)cc1Nc1nc(Nc2ccc3nccnc3c2P(C)(C)=O)c2cc[nH]c2n1. The zero-order chi connectivity index (χ0) is 29.4. The normalized spacial score (nSPS) is 14.2. The van der Waals surface area contributed by atoms with Gasteiger partial charge < -0.3 is 34.7 Å². The minimum absolute atomic E-state index is 0.252. The molecule has 0 atom stereocenters. The third kappa shape index (κ3) is 5.18. The molecule has 13 nitrogen and oxygen atoms in total. The van der Waals surface area contributed by atoms with Crippen molar-refractivity contribution in [2.24, 2.45) is 0 Å². The van der Waals surface area contributed by atoms with E-state index in [0.717, 1.165) is 31.6 Å². The van der Waals surface area contributed by atoms with Crippen molar-refractivity contribution in [3.8, 4) is 11.9 Å². The predicted octanol–water partition coefficient (Wildman–Crippen LogP) is 3.66. The number of aromatic amines is 1. The van der Waals surface area contributed by atoms with Crippen LogP contribution in [0, 0.1) is 11.3 Å². The second-order valence-electron chi connectivity index (χ2n) is 10.4. The van der Waals surface area contributed by atoms with Gasteiger partial charge in [0.1, 0.15) is 35.9 Å².